The molecular formula is C10H17N3O. The molecule has 1 fully saturated rings. The van der Waals surface area contributed by atoms with Crippen LogP contribution >= 0.6 is 0 Å². The Morgan fingerprint density at radius 2 is 1.86 bits per heavy atom. The normalized spacial score (nSPS) is 19.1. The second kappa shape index (κ2) is 5.42. The highest BCUT2D eigenvalue weighted by Crippen LogP contribution is 2.09. The van der Waals surface area contributed by atoms with Crippen LogP contribution in [0.3, 0.4) is 0 Å². The van der Waals surface area contributed by atoms with Crippen LogP contribution in [0.25, 0.3) is 0 Å². The van der Waals surface area contributed by atoms with Crippen LogP contribution in [0.2, 0.25) is 0 Å². The van der Waals surface area contributed by atoms with Crippen molar-refractivity contribution < 1.29 is 4.79 Å². The summed E-state index contributed by atoms with van der Waals surface area (Å²) >= 11 is 0. The molecule has 1 aliphatic rings. The highest BCUT2D eigenvalue weighted by Gasteiger charge is 2.16. The average molecular weight is 195 g/mol. The zero-order valence-corrected chi connectivity index (χ0v) is 8.81. The Bertz CT molecular complexity index is 240. The third-order valence-corrected chi connectivity index (χ3v) is 2.31. The minimum atomic E-state index is 0.792. The molecule has 0 bridgehead atoms. The van der Waals surface area contributed by atoms with E-state index in [0.29, 0.717) is 0 Å². The number of hydrogen-bond donors (Lipinski definition) is 0. The zero-order chi connectivity index (χ0) is 10.4. The number of hydrogen-bond acceptors (Lipinski definition) is 3. The lowest BCUT2D eigenvalue weighted by atomic mass is 10.3. The molecule has 0 aromatic heterocycles. The van der Waals surface area contributed by atoms with Gasteiger partial charge in [-0.2, -0.15) is 0 Å². The third kappa shape index (κ3) is 2.58. The number of rotatable bonds is 3. The van der Waals surface area contributed by atoms with E-state index in [0.717, 1.165) is 38.4 Å². The van der Waals surface area contributed by atoms with Crippen molar-refractivity contribution in [3.05, 3.63) is 11.9 Å². The first-order valence-corrected chi connectivity index (χ1v) is 4.91. The molecule has 0 aliphatic carbocycles. The van der Waals surface area contributed by atoms with E-state index >= 15 is 0 Å². The van der Waals surface area contributed by atoms with Crippen LogP contribution in [0.15, 0.2) is 16.9 Å². The van der Waals surface area contributed by atoms with E-state index in [1.807, 2.05) is 19.9 Å². The van der Waals surface area contributed by atoms with E-state index in [4.69, 9.17) is 0 Å². The van der Waals surface area contributed by atoms with Crippen molar-refractivity contribution in [2.45, 2.75) is 13.8 Å². The van der Waals surface area contributed by atoms with E-state index in [-0.39, 0.29) is 0 Å². The SMILES string of the molecule is C/C=N\C(=C/C)N1CCN(C=O)CC1. The summed E-state index contributed by atoms with van der Waals surface area (Å²) in [5, 5.41) is 0. The van der Waals surface area contributed by atoms with Gasteiger partial charge in [-0.05, 0) is 19.9 Å². The summed E-state index contributed by atoms with van der Waals surface area (Å²) < 4.78 is 0. The lowest BCUT2D eigenvalue weighted by Gasteiger charge is -2.33. The highest BCUT2D eigenvalue weighted by molar-refractivity contribution is 5.55. The number of carbonyl (C=O) groups is 1. The van der Waals surface area contributed by atoms with Crippen LogP contribution in [0.4, 0.5) is 0 Å². The Morgan fingerprint density at radius 1 is 1.21 bits per heavy atom. The maximum absolute atomic E-state index is 10.5. The molecule has 1 saturated heterocycles. The molecule has 1 rings (SSSR count). The Labute approximate surface area is 84.9 Å². The van der Waals surface area contributed by atoms with Gasteiger partial charge >= 0.3 is 0 Å². The highest BCUT2D eigenvalue weighted by atomic mass is 16.1. The topological polar surface area (TPSA) is 35.9 Å². The fraction of sp³-hybridized carbons (Fsp3) is 0.600. The average Bonchev–Trinajstić information content (AvgIpc) is 2.26. The molecule has 0 aromatic rings. The largest absolute Gasteiger partial charge is 0.353 e. The summed E-state index contributed by atoms with van der Waals surface area (Å²) in [6.45, 7) is 7.21. The molecule has 4 nitrogen and oxygen atoms in total. The van der Waals surface area contributed by atoms with Crippen LogP contribution in [-0.4, -0.2) is 48.6 Å². The second-order valence-corrected chi connectivity index (χ2v) is 3.16. The lowest BCUT2D eigenvalue weighted by molar-refractivity contribution is -0.119. The Hall–Kier alpha value is -1.32. The Balaban J connectivity index is 2.51. The predicted octanol–water partition coefficient (Wildman–Crippen LogP) is 0.712. The quantitative estimate of drug-likeness (QED) is 0.491. The summed E-state index contributed by atoms with van der Waals surface area (Å²) in [6, 6.07) is 0. The minimum absolute atomic E-state index is 0.792. The van der Waals surface area contributed by atoms with Gasteiger partial charge in [-0.15, -0.1) is 0 Å². The smallest absolute Gasteiger partial charge is 0.209 e. The van der Waals surface area contributed by atoms with Gasteiger partial charge in [0, 0.05) is 32.4 Å². The summed E-state index contributed by atoms with van der Waals surface area (Å²) in [7, 11) is 0. The molecule has 1 amide bonds. The molecular weight excluding hydrogens is 178 g/mol. The van der Waals surface area contributed by atoms with Crippen LogP contribution in [-0.2, 0) is 4.79 Å². The van der Waals surface area contributed by atoms with Crippen molar-refractivity contribution in [1.29, 1.82) is 0 Å². The van der Waals surface area contributed by atoms with E-state index in [1.54, 1.807) is 11.1 Å². The molecule has 14 heavy (non-hydrogen) atoms. The zero-order valence-electron chi connectivity index (χ0n) is 8.81. The first-order chi connectivity index (χ1) is 6.81. The van der Waals surface area contributed by atoms with Gasteiger partial charge in [0.25, 0.3) is 0 Å². The lowest BCUT2D eigenvalue weighted by Crippen LogP contribution is -2.44. The molecule has 1 heterocycles. The monoisotopic (exact) mass is 195 g/mol. The molecule has 4 heteroatoms. The van der Waals surface area contributed by atoms with Crippen molar-refractivity contribution in [2.75, 3.05) is 26.2 Å². The van der Waals surface area contributed by atoms with Gasteiger partial charge in [0.2, 0.25) is 6.41 Å². The molecule has 0 atom stereocenters. The Morgan fingerprint density at radius 3 is 2.29 bits per heavy atom. The van der Waals surface area contributed by atoms with Crippen LogP contribution < -0.4 is 0 Å². The van der Waals surface area contributed by atoms with Crippen molar-refractivity contribution in [1.82, 2.24) is 9.80 Å². The van der Waals surface area contributed by atoms with Gasteiger partial charge in [0.05, 0.1) is 0 Å². The minimum Gasteiger partial charge on any atom is -0.353 e. The number of carbonyl (C=O) groups excluding carboxylic acids is 1. The predicted molar refractivity (Wildman–Crippen MR) is 57.1 cm³/mol. The van der Waals surface area contributed by atoms with Gasteiger partial charge in [0.15, 0.2) is 0 Å². The van der Waals surface area contributed by atoms with Crippen molar-refractivity contribution >= 4 is 12.6 Å². The van der Waals surface area contributed by atoms with E-state index in [1.165, 1.54) is 0 Å². The first kappa shape index (κ1) is 10.8. The summed E-state index contributed by atoms with van der Waals surface area (Å²) in [5.74, 6) is 0.998. The van der Waals surface area contributed by atoms with Gasteiger partial charge < -0.3 is 9.80 Å². The molecule has 0 N–H and O–H groups in total. The van der Waals surface area contributed by atoms with E-state index in [9.17, 15) is 4.79 Å². The standard InChI is InChI=1S/C10H17N3O/c1-3-10(11-4-2)13-7-5-12(9-14)6-8-13/h3-4,9H,5-8H2,1-2H3/b10-3+,11-4-. The molecule has 0 spiro atoms. The van der Waals surface area contributed by atoms with Crippen LogP contribution in [0.5, 0.6) is 0 Å². The summed E-state index contributed by atoms with van der Waals surface area (Å²) in [4.78, 5) is 18.8. The maximum Gasteiger partial charge on any atom is 0.209 e. The van der Waals surface area contributed by atoms with Crippen molar-refractivity contribution in [2.24, 2.45) is 4.99 Å². The first-order valence-electron chi connectivity index (χ1n) is 4.91. The fourth-order valence-corrected chi connectivity index (χ4v) is 1.53. The third-order valence-electron chi connectivity index (χ3n) is 2.31. The number of nitrogens with zero attached hydrogens (tertiary/aromatic N) is 3. The number of amides is 1. The number of piperazine rings is 1. The van der Waals surface area contributed by atoms with Gasteiger partial charge in [-0.3, -0.25) is 4.79 Å². The fourth-order valence-electron chi connectivity index (χ4n) is 1.53. The molecule has 78 valence electrons. The van der Waals surface area contributed by atoms with Gasteiger partial charge in [-0.25, -0.2) is 4.99 Å². The maximum atomic E-state index is 10.5. The van der Waals surface area contributed by atoms with E-state index in [2.05, 4.69) is 9.89 Å². The van der Waals surface area contributed by atoms with Crippen LogP contribution in [0, 0.1) is 0 Å². The molecule has 0 unspecified atom stereocenters. The number of allylic oxidation sites excluding steroid dienone is 1. The Kier molecular flexibility index (Phi) is 4.16. The molecule has 1 aliphatic heterocycles. The number of aliphatic imine (C=N–C) groups is 1. The molecule has 0 radical (unpaired) electrons. The van der Waals surface area contributed by atoms with Crippen molar-refractivity contribution in [3.8, 4) is 0 Å². The second-order valence-electron chi connectivity index (χ2n) is 3.16. The van der Waals surface area contributed by atoms with E-state index < -0.39 is 0 Å². The van der Waals surface area contributed by atoms with Gasteiger partial charge in [-0.1, -0.05) is 0 Å². The van der Waals surface area contributed by atoms with Crippen LogP contribution in [0.1, 0.15) is 13.8 Å². The summed E-state index contributed by atoms with van der Waals surface area (Å²) in [6.07, 6.45) is 4.70. The van der Waals surface area contributed by atoms with Gasteiger partial charge in [0.1, 0.15) is 5.82 Å². The molecule has 0 aromatic carbocycles. The summed E-state index contributed by atoms with van der Waals surface area (Å²) in [5.41, 5.74) is 0. The molecule has 0 saturated carbocycles. The van der Waals surface area contributed by atoms with Crippen molar-refractivity contribution in [3.63, 3.8) is 0 Å².